The van der Waals surface area contributed by atoms with Crippen LogP contribution in [-0.4, -0.2) is 22.3 Å². The van der Waals surface area contributed by atoms with Crippen LogP contribution in [0.4, 0.5) is 5.69 Å². The van der Waals surface area contributed by atoms with Crippen LogP contribution in [0.1, 0.15) is 17.0 Å². The van der Waals surface area contributed by atoms with Crippen LogP contribution in [0.3, 0.4) is 0 Å². The molecule has 7 heteroatoms. The molecule has 2 N–H and O–H groups in total. The molecule has 1 aromatic heterocycles. The molecule has 0 spiro atoms. The highest BCUT2D eigenvalue weighted by atomic mass is 31.0. The highest BCUT2D eigenvalue weighted by Crippen LogP contribution is 2.26. The van der Waals surface area contributed by atoms with Crippen LogP contribution in [0.25, 0.3) is 22.4 Å². The van der Waals surface area contributed by atoms with Crippen LogP contribution in [0, 0.1) is 18.3 Å². The number of para-hydroxylation sites is 2. The van der Waals surface area contributed by atoms with E-state index in [4.69, 9.17) is 4.74 Å². The number of H-pyrrole nitrogens is 1. The van der Waals surface area contributed by atoms with Crippen LogP contribution in [0.2, 0.25) is 0 Å². The molecule has 1 atom stereocenters. The van der Waals surface area contributed by atoms with E-state index in [9.17, 15) is 10.5 Å². The molecule has 3 aromatic rings. The van der Waals surface area contributed by atoms with Gasteiger partial charge in [-0.2, -0.15) is 5.26 Å². The fourth-order valence-electron chi connectivity index (χ4n) is 2.89. The number of ether oxygens (including phenoxy) is 1. The van der Waals surface area contributed by atoms with Crippen molar-refractivity contribution in [3.8, 4) is 6.07 Å². The maximum absolute atomic E-state index is 9.58. The summed E-state index contributed by atoms with van der Waals surface area (Å²) in [6.45, 7) is 1.91. The predicted molar refractivity (Wildman–Crippen MR) is 119 cm³/mol. The molecule has 0 saturated heterocycles. The normalized spacial score (nSPS) is 12.4. The second-order valence-electron chi connectivity index (χ2n) is 6.26. The van der Waals surface area contributed by atoms with E-state index in [1.54, 1.807) is 25.3 Å². The van der Waals surface area contributed by atoms with Crippen molar-refractivity contribution < 1.29 is 9.94 Å². The van der Waals surface area contributed by atoms with Crippen molar-refractivity contribution in [3.63, 3.8) is 0 Å². The number of nitrogens with one attached hydrogen (secondary N) is 1. The fourth-order valence-corrected chi connectivity index (χ4v) is 3.18. The minimum atomic E-state index is 0.438. The van der Waals surface area contributed by atoms with Crippen molar-refractivity contribution in [1.82, 2.24) is 9.97 Å². The Morgan fingerprint density at radius 2 is 2.00 bits per heavy atom. The Labute approximate surface area is 171 Å². The van der Waals surface area contributed by atoms with Crippen molar-refractivity contribution in [2.45, 2.75) is 6.92 Å². The summed E-state index contributed by atoms with van der Waals surface area (Å²) >= 11 is 0. The average molecular weight is 404 g/mol. The molecule has 6 nitrogen and oxygen atoms in total. The summed E-state index contributed by atoms with van der Waals surface area (Å²) in [6, 6.07) is 15.4. The molecule has 3 rings (SSSR count). The molecule has 1 unspecified atom stereocenters. The molecule has 146 valence electrons. The standard InChI is InChI=1S/C22H21N4O2P/c1-15-13-16(11-12-20(15)26(27)29)21(28-2)10-6-3-7-17(14-23)22-24-18-8-4-5-9-19(18)25-22/h3-13,27H,29H2,1-2H3,(H,24,25)/b6-3+,17-7+,21-10-. The smallest absolute Gasteiger partial charge is 0.149 e. The Morgan fingerprint density at radius 1 is 1.24 bits per heavy atom. The summed E-state index contributed by atoms with van der Waals surface area (Å²) in [5, 5.41) is 19.0. The number of nitriles is 1. The van der Waals surface area contributed by atoms with Gasteiger partial charge >= 0.3 is 0 Å². The second kappa shape index (κ2) is 9.20. The van der Waals surface area contributed by atoms with Crippen molar-refractivity contribution in [2.75, 3.05) is 11.9 Å². The summed E-state index contributed by atoms with van der Waals surface area (Å²) in [5.74, 6) is 1.20. The van der Waals surface area contributed by atoms with Crippen LogP contribution in [0.15, 0.2) is 66.8 Å². The number of rotatable bonds is 6. The third-order valence-electron chi connectivity index (χ3n) is 4.33. The first kappa shape index (κ1) is 20.3. The molecule has 0 aliphatic carbocycles. The Bertz CT molecular complexity index is 1120. The average Bonchev–Trinajstić information content (AvgIpc) is 3.14. The number of fused-ring (bicyclic) bond motifs is 1. The third-order valence-corrected chi connectivity index (χ3v) is 4.61. The van der Waals surface area contributed by atoms with Gasteiger partial charge in [0.25, 0.3) is 0 Å². The minimum Gasteiger partial charge on any atom is -0.496 e. The van der Waals surface area contributed by atoms with Crippen molar-refractivity contribution in [3.05, 3.63) is 83.7 Å². The van der Waals surface area contributed by atoms with E-state index in [0.29, 0.717) is 22.8 Å². The monoisotopic (exact) mass is 404 g/mol. The third kappa shape index (κ3) is 4.72. The number of methoxy groups -OCH3 is 1. The molecule has 0 amide bonds. The topological polar surface area (TPSA) is 85.2 Å². The molecule has 1 heterocycles. The number of hydrogen-bond acceptors (Lipinski definition) is 5. The number of aromatic nitrogens is 2. The summed E-state index contributed by atoms with van der Waals surface area (Å²) in [5.41, 5.74) is 4.63. The lowest BCUT2D eigenvalue weighted by atomic mass is 10.1. The Morgan fingerprint density at radius 3 is 2.66 bits per heavy atom. The van der Waals surface area contributed by atoms with Gasteiger partial charge in [0.15, 0.2) is 0 Å². The van der Waals surface area contributed by atoms with Gasteiger partial charge in [0.05, 0.1) is 29.4 Å². The van der Waals surface area contributed by atoms with Crippen LogP contribution in [0.5, 0.6) is 0 Å². The van der Waals surface area contributed by atoms with E-state index in [1.807, 2.05) is 55.5 Å². The van der Waals surface area contributed by atoms with Crippen molar-refractivity contribution >= 4 is 37.4 Å². The van der Waals surface area contributed by atoms with E-state index in [1.165, 1.54) is 0 Å². The lowest BCUT2D eigenvalue weighted by Gasteiger charge is -2.14. The summed E-state index contributed by atoms with van der Waals surface area (Å²) in [4.78, 5) is 8.60. The summed E-state index contributed by atoms with van der Waals surface area (Å²) in [6.07, 6.45) is 7.09. The van der Waals surface area contributed by atoms with Gasteiger partial charge in [-0.25, -0.2) is 9.82 Å². The number of aromatic amines is 1. The van der Waals surface area contributed by atoms with Crippen LogP contribution >= 0.6 is 9.39 Å². The maximum Gasteiger partial charge on any atom is 0.149 e. The molecular weight excluding hydrogens is 383 g/mol. The maximum atomic E-state index is 9.58. The van der Waals surface area contributed by atoms with Gasteiger partial charge in [-0.3, -0.25) is 5.21 Å². The van der Waals surface area contributed by atoms with E-state index < -0.39 is 0 Å². The number of allylic oxidation sites excluding steroid dienone is 5. The largest absolute Gasteiger partial charge is 0.496 e. The number of hydrogen-bond donors (Lipinski definition) is 2. The van der Waals surface area contributed by atoms with Gasteiger partial charge < -0.3 is 9.72 Å². The summed E-state index contributed by atoms with van der Waals surface area (Å²) in [7, 11) is 3.81. The first-order valence-electron chi connectivity index (χ1n) is 8.86. The predicted octanol–water partition coefficient (Wildman–Crippen LogP) is 5.01. The van der Waals surface area contributed by atoms with E-state index in [2.05, 4.69) is 25.4 Å². The lowest BCUT2D eigenvalue weighted by Crippen LogP contribution is -2.03. The van der Waals surface area contributed by atoms with Crippen LogP contribution < -0.4 is 4.83 Å². The highest BCUT2D eigenvalue weighted by molar-refractivity contribution is 7.18. The van der Waals surface area contributed by atoms with Crippen molar-refractivity contribution in [2.24, 2.45) is 0 Å². The molecule has 2 aromatic carbocycles. The molecule has 0 aliphatic heterocycles. The number of nitrogens with zero attached hydrogens (tertiary/aromatic N) is 3. The van der Waals surface area contributed by atoms with E-state index in [0.717, 1.165) is 27.0 Å². The Kier molecular flexibility index (Phi) is 6.46. The zero-order valence-electron chi connectivity index (χ0n) is 16.1. The minimum absolute atomic E-state index is 0.438. The Hall–Kier alpha value is -3.39. The van der Waals surface area contributed by atoms with E-state index >= 15 is 0 Å². The molecule has 0 aliphatic rings. The first-order valence-corrected chi connectivity index (χ1v) is 9.37. The van der Waals surface area contributed by atoms with Crippen molar-refractivity contribution in [1.29, 1.82) is 5.26 Å². The molecule has 0 saturated carbocycles. The lowest BCUT2D eigenvalue weighted by molar-refractivity contribution is 0.331. The molecule has 29 heavy (non-hydrogen) atoms. The number of aryl methyl sites for hydroxylation is 1. The van der Waals surface area contributed by atoms with Gasteiger partial charge in [-0.05, 0) is 64.4 Å². The number of imidazole rings is 1. The molecular formula is C22H21N4O2P. The number of anilines is 1. The Balaban J connectivity index is 1.82. The van der Waals surface area contributed by atoms with Gasteiger partial charge in [0, 0.05) is 5.56 Å². The zero-order chi connectivity index (χ0) is 20.8. The van der Waals surface area contributed by atoms with E-state index in [-0.39, 0.29) is 0 Å². The first-order chi connectivity index (χ1) is 14.0. The second-order valence-corrected chi connectivity index (χ2v) is 6.75. The highest BCUT2D eigenvalue weighted by Gasteiger charge is 2.07. The zero-order valence-corrected chi connectivity index (χ0v) is 17.3. The number of benzene rings is 2. The molecule has 0 radical (unpaired) electrons. The van der Waals surface area contributed by atoms with Gasteiger partial charge in [0.2, 0.25) is 0 Å². The van der Waals surface area contributed by atoms with Gasteiger partial charge in [-0.15, -0.1) is 0 Å². The SMILES string of the molecule is CO\C(=C/C=C/C=C(\C#N)c1nc2ccccc2[nH]1)c1ccc(N(O)P)c(C)c1. The molecule has 0 bridgehead atoms. The molecule has 0 fully saturated rings. The van der Waals surface area contributed by atoms with Gasteiger partial charge in [0.1, 0.15) is 17.7 Å². The van der Waals surface area contributed by atoms with Crippen LogP contribution in [-0.2, 0) is 4.74 Å². The van der Waals surface area contributed by atoms with Gasteiger partial charge in [-0.1, -0.05) is 24.3 Å². The summed E-state index contributed by atoms with van der Waals surface area (Å²) < 4.78 is 5.47. The fraction of sp³-hybridized carbons (Fsp3) is 0.0909. The quantitative estimate of drug-likeness (QED) is 0.198.